The number of carboxylic acid groups (broad SMARTS) is 3. The minimum absolute atomic E-state index is 0. The van der Waals surface area contributed by atoms with Crippen LogP contribution in [0.25, 0.3) is 0 Å². The molecule has 0 atom stereocenters. The van der Waals surface area contributed by atoms with Crippen LogP contribution in [0.2, 0.25) is 0 Å². The number of hydrogen-bond acceptors (Lipinski definition) is 2. The van der Waals surface area contributed by atoms with E-state index < -0.39 is 12.1 Å². The van der Waals surface area contributed by atoms with E-state index in [9.17, 15) is 4.79 Å². The zero-order chi connectivity index (χ0) is 7.86. The molecule has 0 aromatic carbocycles. The van der Waals surface area contributed by atoms with Gasteiger partial charge in [0.25, 0.3) is 0 Å². The van der Waals surface area contributed by atoms with Crippen LogP contribution >= 0.6 is 0 Å². The molecule has 3 N–H and O–H groups in total. The molecule has 8 heteroatoms. The third-order valence-electron chi connectivity index (χ3n) is 0.302. The van der Waals surface area contributed by atoms with Crippen LogP contribution in [0.5, 0.6) is 0 Å². The van der Waals surface area contributed by atoms with Crippen molar-refractivity contribution in [3.63, 3.8) is 0 Å². The number of aliphatic carboxylic acids is 1. The Morgan fingerprint density at radius 1 is 1.08 bits per heavy atom. The van der Waals surface area contributed by atoms with Crippen LogP contribution in [0.1, 0.15) is 13.3 Å². The Bertz CT molecular complexity index is 106. The molecule has 0 saturated heterocycles. The van der Waals surface area contributed by atoms with Gasteiger partial charge in [0.2, 0.25) is 0 Å². The molecule has 0 unspecified atom stereocenters. The summed E-state index contributed by atoms with van der Waals surface area (Å²) in [5.41, 5.74) is 0. The zero-order valence-electron chi connectivity index (χ0n) is 4.87. The van der Waals surface area contributed by atoms with Crippen molar-refractivity contribution < 1.29 is 24.9 Å². The topological polar surface area (TPSA) is 94.8 Å². The Labute approximate surface area is 144 Å². The van der Waals surface area contributed by atoms with Crippen molar-refractivity contribution in [2.24, 2.45) is 0 Å². The third-order valence-corrected chi connectivity index (χ3v) is 0.302. The maximum absolute atomic E-state index is 9.37. The van der Waals surface area contributed by atoms with Gasteiger partial charge in [0.05, 0.1) is 0 Å². The van der Waals surface area contributed by atoms with Gasteiger partial charge in [-0.1, -0.05) is 6.92 Å². The summed E-state index contributed by atoms with van der Waals surface area (Å²) < 4.78 is 0. The summed E-state index contributed by atoms with van der Waals surface area (Å²) in [6.45, 7) is 1.60. The number of rotatable bonds is 1. The van der Waals surface area contributed by atoms with Crippen molar-refractivity contribution in [2.75, 3.05) is 0 Å². The Hall–Kier alpha value is 2.00. The minimum atomic E-state index is -1.83. The van der Waals surface area contributed by atoms with Crippen molar-refractivity contribution in [2.45, 2.75) is 13.3 Å². The first-order valence-corrected chi connectivity index (χ1v) is 2.14. The van der Waals surface area contributed by atoms with Gasteiger partial charge in [0.15, 0.2) is 0 Å². The monoisotopic (exact) mass is 226 g/mol. The molecule has 0 fully saturated rings. The fourth-order valence-corrected chi connectivity index (χ4v) is 0. The molecule has 0 aliphatic heterocycles. The van der Waals surface area contributed by atoms with E-state index in [1.807, 2.05) is 0 Å². The van der Waals surface area contributed by atoms with E-state index >= 15 is 0 Å². The fourth-order valence-electron chi connectivity index (χ4n) is 0. The van der Waals surface area contributed by atoms with Gasteiger partial charge in [-0.2, -0.15) is 0 Å². The van der Waals surface area contributed by atoms with E-state index in [4.69, 9.17) is 20.1 Å². The van der Waals surface area contributed by atoms with Gasteiger partial charge in [-0.3, -0.25) is 4.79 Å². The Morgan fingerprint density at radius 3 is 1.17 bits per heavy atom. The molecule has 5 nitrogen and oxygen atoms in total. The quantitative estimate of drug-likeness (QED) is 0.472. The molecule has 0 bridgehead atoms. The molecular formula is C4H12CaNa2O5. The molecule has 62 valence electrons. The van der Waals surface area contributed by atoms with Crippen LogP contribution < -0.4 is 0 Å². The molecule has 12 heavy (non-hydrogen) atoms. The summed E-state index contributed by atoms with van der Waals surface area (Å²) in [4.78, 5) is 17.9. The molecule has 0 radical (unpaired) electrons. The Morgan fingerprint density at radius 2 is 1.17 bits per heavy atom. The first-order chi connectivity index (χ1) is 4.00. The summed E-state index contributed by atoms with van der Waals surface area (Å²) in [5, 5.41) is 21.7. The van der Waals surface area contributed by atoms with E-state index in [0.717, 1.165) is 0 Å². The van der Waals surface area contributed by atoms with E-state index in [1.54, 1.807) is 6.92 Å². The SMILES string of the molecule is CCC(=O)O.O=C(O)O.[CaH2].[NaH].[NaH]. The van der Waals surface area contributed by atoms with Gasteiger partial charge in [0.1, 0.15) is 0 Å². The Kier molecular flexibility index (Phi) is 56.3. The van der Waals surface area contributed by atoms with Crippen LogP contribution in [-0.2, 0) is 4.79 Å². The van der Waals surface area contributed by atoms with Gasteiger partial charge >= 0.3 is 109 Å². The van der Waals surface area contributed by atoms with Crippen molar-refractivity contribution >= 4 is 109 Å². The molecule has 0 aliphatic carbocycles. The number of carbonyl (C=O) groups is 2. The molecule has 0 rings (SSSR count). The zero-order valence-corrected chi connectivity index (χ0v) is 4.87. The van der Waals surface area contributed by atoms with Gasteiger partial charge in [-0.25, -0.2) is 4.79 Å². The van der Waals surface area contributed by atoms with Crippen LogP contribution in [0.4, 0.5) is 4.79 Å². The molecule has 0 spiro atoms. The number of hydrogen-bond donors (Lipinski definition) is 3. The second-order valence-electron chi connectivity index (χ2n) is 1.03. The van der Waals surface area contributed by atoms with E-state index in [1.165, 1.54) is 0 Å². The summed E-state index contributed by atoms with van der Waals surface area (Å²) in [7, 11) is 0. The van der Waals surface area contributed by atoms with Crippen molar-refractivity contribution in [1.82, 2.24) is 0 Å². The molecule has 0 aromatic heterocycles. The first kappa shape index (κ1) is 29.2. The molecule has 0 aromatic rings. The average molecular weight is 226 g/mol. The third kappa shape index (κ3) is 90.8. The average Bonchev–Trinajstić information content (AvgIpc) is 1.65. The van der Waals surface area contributed by atoms with Crippen LogP contribution in [-0.4, -0.2) is 124 Å². The molecule has 0 aliphatic rings. The maximum atomic E-state index is 9.37. The summed E-state index contributed by atoms with van der Waals surface area (Å²) in [6, 6.07) is 0. The Balaban J connectivity index is -0.0000000221. The van der Waals surface area contributed by atoms with Crippen LogP contribution in [0, 0.1) is 0 Å². The fraction of sp³-hybridized carbons (Fsp3) is 0.500. The van der Waals surface area contributed by atoms with Gasteiger partial charge in [-0.15, -0.1) is 0 Å². The van der Waals surface area contributed by atoms with Crippen molar-refractivity contribution in [3.05, 3.63) is 0 Å². The van der Waals surface area contributed by atoms with Gasteiger partial charge in [0, 0.05) is 6.42 Å². The second kappa shape index (κ2) is 23.1. The van der Waals surface area contributed by atoms with E-state index in [0.29, 0.717) is 0 Å². The number of carboxylic acids is 1. The second-order valence-corrected chi connectivity index (χ2v) is 1.03. The van der Waals surface area contributed by atoms with Crippen molar-refractivity contribution in [1.29, 1.82) is 0 Å². The molecular weight excluding hydrogens is 214 g/mol. The molecule has 0 saturated carbocycles. The normalized spacial score (nSPS) is 5.08. The van der Waals surface area contributed by atoms with Gasteiger partial charge < -0.3 is 15.3 Å². The molecule has 0 heterocycles. The summed E-state index contributed by atoms with van der Waals surface area (Å²) in [6.07, 6.45) is -1.61. The standard InChI is InChI=1S/C3H6O2.CH2O3.Ca.2Na.4H/c1-2-3(4)5;2-1(3)4;;;;;;;/h2H2,1H3,(H,4,5);(H2,2,3,4);;;;;;;. The van der Waals surface area contributed by atoms with E-state index in [-0.39, 0.29) is 103 Å². The predicted molar refractivity (Wildman–Crippen MR) is 51.4 cm³/mol. The molecule has 0 amide bonds. The van der Waals surface area contributed by atoms with Crippen LogP contribution in [0.3, 0.4) is 0 Å². The van der Waals surface area contributed by atoms with Crippen molar-refractivity contribution in [3.8, 4) is 0 Å². The first-order valence-electron chi connectivity index (χ1n) is 2.14. The van der Waals surface area contributed by atoms with E-state index in [2.05, 4.69) is 0 Å². The summed E-state index contributed by atoms with van der Waals surface area (Å²) >= 11 is 0. The van der Waals surface area contributed by atoms with Crippen LogP contribution in [0.15, 0.2) is 0 Å². The summed E-state index contributed by atoms with van der Waals surface area (Å²) in [5.74, 6) is -0.745. The van der Waals surface area contributed by atoms with Gasteiger partial charge in [-0.05, 0) is 0 Å². The predicted octanol–water partition coefficient (Wildman–Crippen LogP) is -1.51.